The predicted octanol–water partition coefficient (Wildman–Crippen LogP) is 4.42. The molecule has 1 rings (SSSR count). The minimum Gasteiger partial charge on any atom is -0.371 e. The van der Waals surface area contributed by atoms with E-state index >= 15 is 0 Å². The van der Waals surface area contributed by atoms with E-state index in [1.807, 2.05) is 0 Å². The summed E-state index contributed by atoms with van der Waals surface area (Å²) in [5, 5.41) is 9.45. The van der Waals surface area contributed by atoms with Gasteiger partial charge in [-0.1, -0.05) is 77.1 Å². The van der Waals surface area contributed by atoms with Crippen LogP contribution in [0.5, 0.6) is 0 Å². The molecule has 1 N–H and O–H groups in total. The minimum atomic E-state index is -0.947. The van der Waals surface area contributed by atoms with Crippen molar-refractivity contribution < 1.29 is 14.6 Å². The summed E-state index contributed by atoms with van der Waals surface area (Å²) in [5.74, 6) is 5.72. The van der Waals surface area contributed by atoms with Gasteiger partial charge in [-0.3, -0.25) is 0 Å². The average Bonchev–Trinajstić information content (AvgIpc) is 3.34. The van der Waals surface area contributed by atoms with E-state index in [2.05, 4.69) is 18.8 Å². The largest absolute Gasteiger partial charge is 0.371 e. The summed E-state index contributed by atoms with van der Waals surface area (Å²) in [7, 11) is 0. The normalized spacial score (nSPS) is 17.8. The second-order valence-corrected chi connectivity index (χ2v) is 6.25. The molecule has 128 valence electrons. The van der Waals surface area contributed by atoms with Crippen LogP contribution in [-0.2, 0) is 9.47 Å². The van der Waals surface area contributed by atoms with E-state index in [1.54, 1.807) is 0 Å². The molecule has 0 aromatic rings. The molecule has 1 aliphatic rings. The SMILES string of the molecule is CCCCCCCCCCCCCC#CC(O)OCC1CO1. The summed E-state index contributed by atoms with van der Waals surface area (Å²) >= 11 is 0. The maximum absolute atomic E-state index is 9.45. The van der Waals surface area contributed by atoms with Crippen molar-refractivity contribution in [1.29, 1.82) is 0 Å². The summed E-state index contributed by atoms with van der Waals surface area (Å²) in [6, 6.07) is 0. The van der Waals surface area contributed by atoms with Crippen LogP contribution in [0, 0.1) is 11.8 Å². The number of hydrogen-bond donors (Lipinski definition) is 1. The number of hydrogen-bond acceptors (Lipinski definition) is 3. The lowest BCUT2D eigenvalue weighted by molar-refractivity contribution is -0.0616. The molecule has 1 heterocycles. The molecule has 2 atom stereocenters. The predicted molar refractivity (Wildman–Crippen MR) is 90.6 cm³/mol. The molecule has 3 nitrogen and oxygen atoms in total. The third-order valence-corrected chi connectivity index (χ3v) is 3.97. The van der Waals surface area contributed by atoms with E-state index in [4.69, 9.17) is 9.47 Å². The van der Waals surface area contributed by atoms with Crippen molar-refractivity contribution in [2.75, 3.05) is 13.2 Å². The Kier molecular flexibility index (Phi) is 12.5. The van der Waals surface area contributed by atoms with Crippen LogP contribution in [0.15, 0.2) is 0 Å². The Morgan fingerprint density at radius 2 is 1.55 bits per heavy atom. The van der Waals surface area contributed by atoms with Crippen molar-refractivity contribution in [3.63, 3.8) is 0 Å². The molecule has 0 saturated carbocycles. The Labute approximate surface area is 136 Å². The Bertz CT molecular complexity index is 302. The van der Waals surface area contributed by atoms with E-state index in [0.717, 1.165) is 19.4 Å². The van der Waals surface area contributed by atoms with Gasteiger partial charge >= 0.3 is 0 Å². The highest BCUT2D eigenvalue weighted by molar-refractivity contribution is 5.01. The molecule has 1 fully saturated rings. The number of epoxide rings is 1. The third-order valence-electron chi connectivity index (χ3n) is 3.97. The smallest absolute Gasteiger partial charge is 0.220 e. The van der Waals surface area contributed by atoms with Crippen LogP contribution in [0.4, 0.5) is 0 Å². The van der Waals surface area contributed by atoms with Crippen LogP contribution in [0.1, 0.15) is 84.0 Å². The van der Waals surface area contributed by atoms with Crippen LogP contribution >= 0.6 is 0 Å². The Morgan fingerprint density at radius 1 is 1.00 bits per heavy atom. The molecule has 0 amide bonds. The van der Waals surface area contributed by atoms with Crippen LogP contribution in [0.25, 0.3) is 0 Å². The van der Waals surface area contributed by atoms with E-state index < -0.39 is 6.29 Å². The molecule has 3 heteroatoms. The van der Waals surface area contributed by atoms with Crippen molar-refractivity contribution in [2.24, 2.45) is 0 Å². The van der Waals surface area contributed by atoms with Gasteiger partial charge in [0.05, 0.1) is 13.2 Å². The van der Waals surface area contributed by atoms with Gasteiger partial charge in [0.1, 0.15) is 6.10 Å². The van der Waals surface area contributed by atoms with Crippen molar-refractivity contribution >= 4 is 0 Å². The molecular formula is C19H34O3. The summed E-state index contributed by atoms with van der Waals surface area (Å²) in [5.41, 5.74) is 0. The molecule has 0 bridgehead atoms. The standard InChI is InChI=1S/C19H34O3/c1-2-3-4-5-6-7-8-9-10-11-12-13-14-15-19(20)22-17-18-16-21-18/h18-20H,2-13,16-17H2,1H3. The van der Waals surface area contributed by atoms with Gasteiger partial charge in [0.2, 0.25) is 6.29 Å². The molecule has 0 radical (unpaired) electrons. The maximum atomic E-state index is 9.45. The first-order valence-corrected chi connectivity index (χ1v) is 9.22. The Balaban J connectivity index is 1.75. The monoisotopic (exact) mass is 310 g/mol. The van der Waals surface area contributed by atoms with E-state index in [9.17, 15) is 5.11 Å². The molecule has 0 spiro atoms. The zero-order valence-electron chi connectivity index (χ0n) is 14.3. The van der Waals surface area contributed by atoms with Gasteiger partial charge in [-0.25, -0.2) is 0 Å². The fraction of sp³-hybridized carbons (Fsp3) is 0.895. The van der Waals surface area contributed by atoms with Crippen LogP contribution in [0.2, 0.25) is 0 Å². The van der Waals surface area contributed by atoms with Crippen molar-refractivity contribution in [1.82, 2.24) is 0 Å². The lowest BCUT2D eigenvalue weighted by Crippen LogP contribution is -2.13. The zero-order valence-corrected chi connectivity index (χ0v) is 14.3. The highest BCUT2D eigenvalue weighted by Gasteiger charge is 2.23. The third kappa shape index (κ3) is 13.1. The summed E-state index contributed by atoms with van der Waals surface area (Å²) < 4.78 is 10.1. The minimum absolute atomic E-state index is 0.183. The van der Waals surface area contributed by atoms with Crippen LogP contribution in [-0.4, -0.2) is 30.7 Å². The fourth-order valence-electron chi connectivity index (χ4n) is 2.44. The lowest BCUT2D eigenvalue weighted by Gasteiger charge is -2.03. The summed E-state index contributed by atoms with van der Waals surface area (Å²) in [6.07, 6.45) is 14.9. The molecule has 0 aromatic carbocycles. The first kappa shape index (κ1) is 19.5. The number of aliphatic hydroxyl groups excluding tert-OH is 1. The van der Waals surface area contributed by atoms with E-state index in [1.165, 1.54) is 64.2 Å². The Morgan fingerprint density at radius 3 is 2.09 bits per heavy atom. The van der Waals surface area contributed by atoms with Gasteiger partial charge in [-0.2, -0.15) is 0 Å². The second kappa shape index (κ2) is 14.1. The molecule has 0 aromatic heterocycles. The van der Waals surface area contributed by atoms with Gasteiger partial charge in [-0.15, -0.1) is 0 Å². The highest BCUT2D eigenvalue weighted by Crippen LogP contribution is 2.12. The van der Waals surface area contributed by atoms with Gasteiger partial charge in [0, 0.05) is 6.42 Å². The molecule has 0 aliphatic carbocycles. The van der Waals surface area contributed by atoms with Crippen molar-refractivity contribution in [3.8, 4) is 11.8 Å². The molecule has 1 saturated heterocycles. The maximum Gasteiger partial charge on any atom is 0.220 e. The van der Waals surface area contributed by atoms with E-state index in [-0.39, 0.29) is 6.10 Å². The van der Waals surface area contributed by atoms with Crippen LogP contribution in [0.3, 0.4) is 0 Å². The first-order chi connectivity index (χ1) is 10.8. The van der Waals surface area contributed by atoms with Crippen molar-refractivity contribution in [3.05, 3.63) is 0 Å². The number of aliphatic hydroxyl groups is 1. The topological polar surface area (TPSA) is 42.0 Å². The summed E-state index contributed by atoms with van der Waals surface area (Å²) in [6.45, 7) is 3.47. The highest BCUT2D eigenvalue weighted by atomic mass is 16.6. The van der Waals surface area contributed by atoms with E-state index in [0.29, 0.717) is 6.61 Å². The molecule has 22 heavy (non-hydrogen) atoms. The number of rotatable bonds is 14. The molecule has 2 unspecified atom stereocenters. The van der Waals surface area contributed by atoms with Crippen LogP contribution < -0.4 is 0 Å². The van der Waals surface area contributed by atoms with Gasteiger partial charge < -0.3 is 14.6 Å². The van der Waals surface area contributed by atoms with Crippen molar-refractivity contribution in [2.45, 2.75) is 96.4 Å². The van der Waals surface area contributed by atoms with Gasteiger partial charge in [0.15, 0.2) is 0 Å². The fourth-order valence-corrected chi connectivity index (χ4v) is 2.44. The summed E-state index contributed by atoms with van der Waals surface area (Å²) in [4.78, 5) is 0. The molecule has 1 aliphatic heterocycles. The number of ether oxygens (including phenoxy) is 2. The lowest BCUT2D eigenvalue weighted by atomic mass is 10.1. The quantitative estimate of drug-likeness (QED) is 0.223. The Hall–Kier alpha value is -0.560. The average molecular weight is 310 g/mol. The van der Waals surface area contributed by atoms with Gasteiger partial charge in [-0.05, 0) is 12.3 Å². The number of unbranched alkanes of at least 4 members (excludes halogenated alkanes) is 11. The first-order valence-electron chi connectivity index (χ1n) is 9.22. The zero-order chi connectivity index (χ0) is 15.9. The second-order valence-electron chi connectivity index (χ2n) is 6.25. The molecular weight excluding hydrogens is 276 g/mol. The van der Waals surface area contributed by atoms with Gasteiger partial charge in [0.25, 0.3) is 0 Å².